The Morgan fingerprint density at radius 1 is 1.14 bits per heavy atom. The monoisotopic (exact) mass is 294 g/mol. The molecular formula is C17H14N2O3. The molecule has 0 aliphatic heterocycles. The summed E-state index contributed by atoms with van der Waals surface area (Å²) in [7, 11) is 0. The number of nitrogens with one attached hydrogen (secondary N) is 1. The maximum absolute atomic E-state index is 12.2. The van der Waals surface area contributed by atoms with Crippen LogP contribution in [0, 0.1) is 13.8 Å². The van der Waals surface area contributed by atoms with Crippen LogP contribution in [-0.4, -0.2) is 21.0 Å². The molecule has 22 heavy (non-hydrogen) atoms. The van der Waals surface area contributed by atoms with E-state index in [1.807, 2.05) is 13.0 Å². The van der Waals surface area contributed by atoms with Crippen LogP contribution in [0.15, 0.2) is 41.2 Å². The number of nitrogens with zero attached hydrogens (tertiary/aromatic N) is 1. The SMILES string of the molecule is Cc1cc(C)c(-c2nc3ccccc3c(=O)[nH]2)cc1C(=O)O. The van der Waals surface area contributed by atoms with Crippen LogP contribution >= 0.6 is 0 Å². The fraction of sp³-hybridized carbons (Fsp3) is 0.118. The van der Waals surface area contributed by atoms with E-state index in [-0.39, 0.29) is 11.1 Å². The van der Waals surface area contributed by atoms with E-state index < -0.39 is 5.97 Å². The van der Waals surface area contributed by atoms with E-state index in [1.165, 1.54) is 0 Å². The molecule has 0 aliphatic carbocycles. The lowest BCUT2D eigenvalue weighted by molar-refractivity contribution is 0.0696. The molecule has 5 heteroatoms. The predicted octanol–water partition coefficient (Wildman–Crippen LogP) is 2.91. The maximum Gasteiger partial charge on any atom is 0.335 e. The molecule has 2 aromatic carbocycles. The Hall–Kier alpha value is -2.95. The van der Waals surface area contributed by atoms with Gasteiger partial charge in [-0.2, -0.15) is 0 Å². The van der Waals surface area contributed by atoms with Crippen molar-refractivity contribution in [2.45, 2.75) is 13.8 Å². The number of rotatable bonds is 2. The highest BCUT2D eigenvalue weighted by molar-refractivity contribution is 5.91. The lowest BCUT2D eigenvalue weighted by Crippen LogP contribution is -2.10. The summed E-state index contributed by atoms with van der Waals surface area (Å²) in [5, 5.41) is 9.77. The third-order valence-electron chi connectivity index (χ3n) is 3.67. The number of hydrogen-bond donors (Lipinski definition) is 2. The molecule has 0 amide bonds. The van der Waals surface area contributed by atoms with Crippen LogP contribution in [0.2, 0.25) is 0 Å². The highest BCUT2D eigenvalue weighted by Crippen LogP contribution is 2.24. The second kappa shape index (κ2) is 5.11. The van der Waals surface area contributed by atoms with Crippen molar-refractivity contribution in [3.63, 3.8) is 0 Å². The lowest BCUT2D eigenvalue weighted by Gasteiger charge is -2.10. The van der Waals surface area contributed by atoms with Crippen molar-refractivity contribution in [1.82, 2.24) is 9.97 Å². The number of aryl methyl sites for hydroxylation is 2. The number of H-pyrrole nitrogens is 1. The molecule has 0 aliphatic rings. The topological polar surface area (TPSA) is 83.0 Å². The van der Waals surface area contributed by atoms with Crippen LogP contribution in [0.1, 0.15) is 21.5 Å². The highest BCUT2D eigenvalue weighted by Gasteiger charge is 2.14. The van der Waals surface area contributed by atoms with Crippen LogP contribution in [0.3, 0.4) is 0 Å². The molecule has 1 aromatic heterocycles. The number of carbonyl (C=O) groups is 1. The van der Waals surface area contributed by atoms with Crippen molar-refractivity contribution >= 4 is 16.9 Å². The number of aromatic amines is 1. The van der Waals surface area contributed by atoms with Gasteiger partial charge in [-0.25, -0.2) is 9.78 Å². The standard InChI is InChI=1S/C17H14N2O3/c1-9-7-10(2)13(17(21)22)8-12(9)15-18-14-6-4-3-5-11(14)16(20)19-15/h3-8H,1-2H3,(H,21,22)(H,18,19,20). The van der Waals surface area contributed by atoms with Gasteiger partial charge in [0.05, 0.1) is 16.5 Å². The van der Waals surface area contributed by atoms with Crippen LogP contribution in [0.5, 0.6) is 0 Å². The number of aromatic carboxylic acids is 1. The Morgan fingerprint density at radius 3 is 2.59 bits per heavy atom. The molecule has 0 bridgehead atoms. The second-order valence-corrected chi connectivity index (χ2v) is 5.22. The van der Waals surface area contributed by atoms with E-state index in [0.717, 1.165) is 5.56 Å². The number of hydrogen-bond acceptors (Lipinski definition) is 3. The first kappa shape index (κ1) is 14.0. The van der Waals surface area contributed by atoms with Crippen molar-refractivity contribution in [3.05, 3.63) is 63.4 Å². The molecule has 3 aromatic rings. The fourth-order valence-electron chi connectivity index (χ4n) is 2.55. The van der Waals surface area contributed by atoms with Crippen LogP contribution in [-0.2, 0) is 0 Å². The van der Waals surface area contributed by atoms with Gasteiger partial charge >= 0.3 is 5.97 Å². The maximum atomic E-state index is 12.2. The molecule has 0 radical (unpaired) electrons. The van der Waals surface area contributed by atoms with Crippen molar-refractivity contribution in [1.29, 1.82) is 0 Å². The summed E-state index contributed by atoms with van der Waals surface area (Å²) < 4.78 is 0. The van der Waals surface area contributed by atoms with Gasteiger partial charge in [0.25, 0.3) is 5.56 Å². The molecule has 0 unspecified atom stereocenters. The van der Waals surface area contributed by atoms with E-state index in [9.17, 15) is 14.7 Å². The number of benzene rings is 2. The Balaban J connectivity index is 2.30. The van der Waals surface area contributed by atoms with Crippen molar-refractivity contribution < 1.29 is 9.90 Å². The van der Waals surface area contributed by atoms with E-state index in [2.05, 4.69) is 9.97 Å². The van der Waals surface area contributed by atoms with Gasteiger partial charge in [0.1, 0.15) is 5.82 Å². The van der Waals surface area contributed by atoms with Gasteiger partial charge < -0.3 is 10.1 Å². The number of aromatic nitrogens is 2. The molecule has 5 nitrogen and oxygen atoms in total. The number of carboxylic acids is 1. The molecule has 0 saturated heterocycles. The highest BCUT2D eigenvalue weighted by atomic mass is 16.4. The zero-order valence-corrected chi connectivity index (χ0v) is 12.2. The lowest BCUT2D eigenvalue weighted by atomic mass is 9.99. The smallest absolute Gasteiger partial charge is 0.335 e. The first-order valence-electron chi connectivity index (χ1n) is 6.81. The van der Waals surface area contributed by atoms with Crippen molar-refractivity contribution in [2.24, 2.45) is 0 Å². The third kappa shape index (κ3) is 2.26. The molecule has 1 heterocycles. The zero-order chi connectivity index (χ0) is 15.9. The summed E-state index contributed by atoms with van der Waals surface area (Å²) >= 11 is 0. The van der Waals surface area contributed by atoms with Crippen molar-refractivity contribution in [2.75, 3.05) is 0 Å². The van der Waals surface area contributed by atoms with Gasteiger partial charge in [0, 0.05) is 5.56 Å². The Labute approximate surface area is 126 Å². The minimum absolute atomic E-state index is 0.205. The number of para-hydroxylation sites is 1. The first-order chi connectivity index (χ1) is 10.5. The Bertz CT molecular complexity index is 958. The summed E-state index contributed by atoms with van der Waals surface area (Å²) in [6.45, 7) is 3.61. The summed E-state index contributed by atoms with van der Waals surface area (Å²) in [6, 6.07) is 10.4. The van der Waals surface area contributed by atoms with E-state index >= 15 is 0 Å². The van der Waals surface area contributed by atoms with Crippen molar-refractivity contribution in [3.8, 4) is 11.4 Å². The van der Waals surface area contributed by atoms with E-state index in [1.54, 1.807) is 37.3 Å². The third-order valence-corrected chi connectivity index (χ3v) is 3.67. The molecule has 0 fully saturated rings. The molecule has 0 saturated carbocycles. The summed E-state index contributed by atoms with van der Waals surface area (Å²) in [6.07, 6.45) is 0. The van der Waals surface area contributed by atoms with E-state index in [4.69, 9.17) is 0 Å². The predicted molar refractivity (Wildman–Crippen MR) is 84.2 cm³/mol. The minimum atomic E-state index is -0.998. The molecule has 3 rings (SSSR count). The Kier molecular flexibility index (Phi) is 3.25. The van der Waals surface area contributed by atoms with Gasteiger partial charge in [-0.15, -0.1) is 0 Å². The molecule has 0 atom stereocenters. The normalized spacial score (nSPS) is 10.8. The second-order valence-electron chi connectivity index (χ2n) is 5.22. The average Bonchev–Trinajstić information content (AvgIpc) is 2.47. The molecule has 0 spiro atoms. The molecular weight excluding hydrogens is 280 g/mol. The van der Waals surface area contributed by atoms with Crippen LogP contribution in [0.4, 0.5) is 0 Å². The minimum Gasteiger partial charge on any atom is -0.478 e. The van der Waals surface area contributed by atoms with Crippen LogP contribution in [0.25, 0.3) is 22.3 Å². The largest absolute Gasteiger partial charge is 0.478 e. The fourth-order valence-corrected chi connectivity index (χ4v) is 2.55. The first-order valence-corrected chi connectivity index (χ1v) is 6.81. The summed E-state index contributed by atoms with van der Waals surface area (Å²) in [5.41, 5.74) is 2.70. The summed E-state index contributed by atoms with van der Waals surface area (Å²) in [5.74, 6) is -0.620. The quantitative estimate of drug-likeness (QED) is 0.761. The average molecular weight is 294 g/mol. The Morgan fingerprint density at radius 2 is 1.86 bits per heavy atom. The van der Waals surface area contributed by atoms with Gasteiger partial charge in [0.2, 0.25) is 0 Å². The van der Waals surface area contributed by atoms with Gasteiger partial charge in [0.15, 0.2) is 0 Å². The van der Waals surface area contributed by atoms with E-state index in [0.29, 0.717) is 27.9 Å². The van der Waals surface area contributed by atoms with Crippen LogP contribution < -0.4 is 5.56 Å². The number of fused-ring (bicyclic) bond motifs is 1. The summed E-state index contributed by atoms with van der Waals surface area (Å²) in [4.78, 5) is 30.6. The molecule has 2 N–H and O–H groups in total. The number of carboxylic acid groups (broad SMARTS) is 1. The van der Waals surface area contributed by atoms with Gasteiger partial charge in [-0.05, 0) is 43.2 Å². The zero-order valence-electron chi connectivity index (χ0n) is 12.2. The van der Waals surface area contributed by atoms with Gasteiger partial charge in [-0.1, -0.05) is 18.2 Å². The molecule has 110 valence electrons. The van der Waals surface area contributed by atoms with Gasteiger partial charge in [-0.3, -0.25) is 4.79 Å².